The van der Waals surface area contributed by atoms with Gasteiger partial charge in [-0.05, 0) is 36.2 Å². The minimum atomic E-state index is -0.557. The highest BCUT2D eigenvalue weighted by Crippen LogP contribution is 2.36. The Morgan fingerprint density at radius 3 is 2.74 bits per heavy atom. The minimum absolute atomic E-state index is 0.164. The predicted octanol–water partition coefficient (Wildman–Crippen LogP) is 3.68. The first-order valence-electron chi connectivity index (χ1n) is 6.06. The first-order valence-corrected chi connectivity index (χ1v) is 6.06. The largest absolute Gasteiger partial charge is 0.497 e. The number of fused-ring (bicyclic) bond motifs is 1. The number of methoxy groups -OCH3 is 1. The van der Waals surface area contributed by atoms with Crippen LogP contribution in [0.2, 0.25) is 0 Å². The van der Waals surface area contributed by atoms with Crippen molar-refractivity contribution >= 4 is 5.69 Å². The van der Waals surface area contributed by atoms with Crippen LogP contribution >= 0.6 is 0 Å². The van der Waals surface area contributed by atoms with Crippen LogP contribution in [-0.4, -0.2) is 7.11 Å². The van der Waals surface area contributed by atoms with Crippen LogP contribution in [0.25, 0.3) is 0 Å². The number of nitrogens with one attached hydrogen (secondary N) is 1. The molecule has 0 bridgehead atoms. The molecule has 1 aliphatic heterocycles. The summed E-state index contributed by atoms with van der Waals surface area (Å²) in [7, 11) is 1.61. The molecule has 98 valence electrons. The summed E-state index contributed by atoms with van der Waals surface area (Å²) in [5.41, 5.74) is 2.53. The molecule has 1 N–H and O–H groups in total. The Kier molecular flexibility index (Phi) is 2.85. The van der Waals surface area contributed by atoms with Gasteiger partial charge in [0.05, 0.1) is 13.2 Å². The monoisotopic (exact) mass is 261 g/mol. The Balaban J connectivity index is 1.90. The van der Waals surface area contributed by atoms with E-state index in [0.29, 0.717) is 12.0 Å². The summed E-state index contributed by atoms with van der Waals surface area (Å²) in [6.07, 6.45) is 0.662. The van der Waals surface area contributed by atoms with Crippen LogP contribution < -0.4 is 10.1 Å². The molecule has 1 aliphatic rings. The topological polar surface area (TPSA) is 21.3 Å². The van der Waals surface area contributed by atoms with E-state index in [1.165, 1.54) is 12.1 Å². The first-order chi connectivity index (χ1) is 9.17. The van der Waals surface area contributed by atoms with Crippen LogP contribution in [0.5, 0.6) is 5.75 Å². The first kappa shape index (κ1) is 12.0. The van der Waals surface area contributed by atoms with Gasteiger partial charge in [-0.25, -0.2) is 8.78 Å². The van der Waals surface area contributed by atoms with E-state index in [1.807, 2.05) is 18.2 Å². The van der Waals surface area contributed by atoms with E-state index < -0.39 is 11.6 Å². The van der Waals surface area contributed by atoms with E-state index in [1.54, 1.807) is 7.11 Å². The van der Waals surface area contributed by atoms with Crippen LogP contribution in [0.15, 0.2) is 36.4 Å². The molecule has 0 amide bonds. The van der Waals surface area contributed by atoms with Crippen molar-refractivity contribution in [3.8, 4) is 5.75 Å². The van der Waals surface area contributed by atoms with Crippen LogP contribution in [0.1, 0.15) is 17.2 Å². The number of anilines is 1. The molecule has 0 saturated carbocycles. The average molecular weight is 261 g/mol. The lowest BCUT2D eigenvalue weighted by atomic mass is 10.0. The summed E-state index contributed by atoms with van der Waals surface area (Å²) in [6.45, 7) is 0. The maximum absolute atomic E-state index is 13.8. The number of rotatable bonds is 2. The summed E-state index contributed by atoms with van der Waals surface area (Å²) in [5.74, 6) is -0.295. The highest BCUT2D eigenvalue weighted by atomic mass is 19.1. The third kappa shape index (κ3) is 2.14. The smallest absolute Gasteiger partial charge is 0.131 e. The maximum Gasteiger partial charge on any atom is 0.131 e. The zero-order valence-electron chi connectivity index (χ0n) is 10.4. The van der Waals surface area contributed by atoms with E-state index in [0.717, 1.165) is 23.1 Å². The maximum atomic E-state index is 13.8. The molecule has 0 fully saturated rings. The van der Waals surface area contributed by atoms with Crippen molar-refractivity contribution in [3.05, 3.63) is 59.2 Å². The molecule has 0 spiro atoms. The number of benzene rings is 2. The van der Waals surface area contributed by atoms with E-state index in [2.05, 4.69) is 5.32 Å². The van der Waals surface area contributed by atoms with E-state index in [-0.39, 0.29) is 6.04 Å². The van der Waals surface area contributed by atoms with E-state index in [4.69, 9.17) is 4.74 Å². The summed E-state index contributed by atoms with van der Waals surface area (Å²) in [6, 6.07) is 9.23. The molecule has 2 aromatic carbocycles. The van der Waals surface area contributed by atoms with Crippen molar-refractivity contribution in [2.45, 2.75) is 12.5 Å². The molecule has 1 heterocycles. The predicted molar refractivity (Wildman–Crippen MR) is 69.4 cm³/mol. The van der Waals surface area contributed by atoms with Gasteiger partial charge in [0.2, 0.25) is 0 Å². The molecule has 4 heteroatoms. The van der Waals surface area contributed by atoms with Gasteiger partial charge in [-0.3, -0.25) is 0 Å². The number of hydrogen-bond acceptors (Lipinski definition) is 2. The highest BCUT2D eigenvalue weighted by Gasteiger charge is 2.24. The van der Waals surface area contributed by atoms with Crippen LogP contribution in [0.4, 0.5) is 14.5 Å². The third-order valence-corrected chi connectivity index (χ3v) is 3.40. The number of halogens is 2. The molecule has 2 aromatic rings. The lowest BCUT2D eigenvalue weighted by Crippen LogP contribution is -2.08. The zero-order valence-corrected chi connectivity index (χ0v) is 10.4. The van der Waals surface area contributed by atoms with E-state index in [9.17, 15) is 8.78 Å². The Morgan fingerprint density at radius 2 is 2.00 bits per heavy atom. The van der Waals surface area contributed by atoms with Gasteiger partial charge in [-0.2, -0.15) is 0 Å². The lowest BCUT2D eigenvalue weighted by molar-refractivity contribution is 0.414. The van der Waals surface area contributed by atoms with Crippen molar-refractivity contribution in [2.75, 3.05) is 12.4 Å². The normalized spacial score (nSPS) is 16.9. The van der Waals surface area contributed by atoms with Gasteiger partial charge >= 0.3 is 0 Å². The number of hydrogen-bond donors (Lipinski definition) is 1. The molecule has 2 nitrogen and oxygen atoms in total. The Morgan fingerprint density at radius 1 is 1.16 bits per heavy atom. The van der Waals surface area contributed by atoms with Crippen LogP contribution in [-0.2, 0) is 6.42 Å². The van der Waals surface area contributed by atoms with Crippen LogP contribution in [0.3, 0.4) is 0 Å². The summed E-state index contributed by atoms with van der Waals surface area (Å²) < 4.78 is 31.9. The SMILES string of the molecule is COc1ccc2c(c1)CC(c1ccc(F)cc1F)N2. The van der Waals surface area contributed by atoms with Crippen molar-refractivity contribution in [1.29, 1.82) is 0 Å². The van der Waals surface area contributed by atoms with E-state index >= 15 is 0 Å². The molecule has 19 heavy (non-hydrogen) atoms. The molecule has 0 aromatic heterocycles. The van der Waals surface area contributed by atoms with Crippen molar-refractivity contribution in [1.82, 2.24) is 0 Å². The molecule has 1 atom stereocenters. The van der Waals surface area contributed by atoms with Crippen molar-refractivity contribution in [3.63, 3.8) is 0 Å². The second kappa shape index (κ2) is 4.53. The molecule has 1 unspecified atom stereocenters. The Hall–Kier alpha value is -2.10. The van der Waals surface area contributed by atoms with Crippen molar-refractivity contribution in [2.24, 2.45) is 0 Å². The summed E-state index contributed by atoms with van der Waals surface area (Å²) in [4.78, 5) is 0. The molecular weight excluding hydrogens is 248 g/mol. The van der Waals surface area contributed by atoms with Gasteiger partial charge in [0.1, 0.15) is 17.4 Å². The second-order valence-electron chi connectivity index (χ2n) is 4.59. The van der Waals surface area contributed by atoms with Gasteiger partial charge in [-0.1, -0.05) is 6.07 Å². The quantitative estimate of drug-likeness (QED) is 0.890. The van der Waals surface area contributed by atoms with Crippen molar-refractivity contribution < 1.29 is 13.5 Å². The lowest BCUT2D eigenvalue weighted by Gasteiger charge is -2.12. The molecular formula is C15H13F2NO. The van der Waals surface area contributed by atoms with Gasteiger partial charge < -0.3 is 10.1 Å². The van der Waals surface area contributed by atoms with Crippen LogP contribution in [0, 0.1) is 11.6 Å². The number of ether oxygens (including phenoxy) is 1. The van der Waals surface area contributed by atoms with Gasteiger partial charge in [0.25, 0.3) is 0 Å². The second-order valence-corrected chi connectivity index (χ2v) is 4.59. The summed E-state index contributed by atoms with van der Waals surface area (Å²) in [5, 5.41) is 3.24. The molecule has 0 saturated heterocycles. The fraction of sp³-hybridized carbons (Fsp3) is 0.200. The zero-order chi connectivity index (χ0) is 13.4. The fourth-order valence-corrected chi connectivity index (χ4v) is 2.44. The fourth-order valence-electron chi connectivity index (χ4n) is 2.44. The molecule has 0 radical (unpaired) electrons. The average Bonchev–Trinajstić information content (AvgIpc) is 2.80. The van der Waals surface area contributed by atoms with Gasteiger partial charge in [0.15, 0.2) is 0 Å². The van der Waals surface area contributed by atoms with Gasteiger partial charge in [-0.15, -0.1) is 0 Å². The Bertz CT molecular complexity index is 628. The highest BCUT2D eigenvalue weighted by molar-refractivity contribution is 5.60. The molecule has 3 rings (SSSR count). The molecule has 0 aliphatic carbocycles. The standard InChI is InChI=1S/C15H13F2NO/c1-19-11-3-5-14-9(6-11)7-15(18-14)12-4-2-10(16)8-13(12)17/h2-6,8,15,18H,7H2,1H3. The third-order valence-electron chi connectivity index (χ3n) is 3.40. The van der Waals surface area contributed by atoms with Gasteiger partial charge in [0, 0.05) is 17.3 Å². The minimum Gasteiger partial charge on any atom is -0.497 e. The Labute approximate surface area is 110 Å². The summed E-state index contributed by atoms with van der Waals surface area (Å²) >= 11 is 0.